The molecule has 4 nitrogen and oxygen atoms in total. The van der Waals surface area contributed by atoms with Crippen LogP contribution in [0.15, 0.2) is 88.8 Å². The molecule has 0 spiro atoms. The first-order valence-electron chi connectivity index (χ1n) is 9.47. The van der Waals surface area contributed by atoms with Crippen LogP contribution < -0.4 is 4.90 Å². The van der Waals surface area contributed by atoms with E-state index in [2.05, 4.69) is 6.92 Å². The van der Waals surface area contributed by atoms with E-state index in [0.717, 1.165) is 17.7 Å². The lowest BCUT2D eigenvalue weighted by molar-refractivity contribution is 0.104. The fourth-order valence-corrected chi connectivity index (χ4v) is 4.93. The molecule has 0 aromatic heterocycles. The van der Waals surface area contributed by atoms with Gasteiger partial charge in [0.2, 0.25) is 15.6 Å². The first-order valence-corrected chi connectivity index (χ1v) is 11.0. The van der Waals surface area contributed by atoms with E-state index in [9.17, 15) is 13.2 Å². The average Bonchev–Trinajstić information content (AvgIpc) is 2.74. The molecule has 0 saturated carbocycles. The van der Waals surface area contributed by atoms with Gasteiger partial charge in [0.1, 0.15) is 4.91 Å². The SMILES string of the molecule is CCc1ccc(N2C=C(C(=O)c3ccc(C)cc3)S(=O)(=O)c3ccccc32)cc1. The molecule has 0 aliphatic carbocycles. The van der Waals surface area contributed by atoms with Crippen molar-refractivity contribution in [1.82, 2.24) is 0 Å². The molecule has 3 aromatic carbocycles. The van der Waals surface area contributed by atoms with E-state index in [4.69, 9.17) is 0 Å². The summed E-state index contributed by atoms with van der Waals surface area (Å²) in [6, 6.07) is 21.6. The lowest BCUT2D eigenvalue weighted by Gasteiger charge is -2.29. The second kappa shape index (κ2) is 7.33. The minimum absolute atomic E-state index is 0.137. The molecule has 0 radical (unpaired) electrons. The van der Waals surface area contributed by atoms with E-state index in [0.29, 0.717) is 11.3 Å². The molecule has 5 heteroatoms. The van der Waals surface area contributed by atoms with Gasteiger partial charge < -0.3 is 4.90 Å². The molecule has 3 aromatic rings. The molecule has 1 heterocycles. The number of rotatable bonds is 4. The molecule has 4 rings (SSSR count). The standard InChI is InChI=1S/C24H21NO3S/c1-3-18-10-14-20(15-11-18)25-16-23(24(26)19-12-8-17(2)9-13-19)29(27,28)22-7-5-4-6-21(22)25/h4-16H,3H2,1-2H3. The predicted octanol–water partition coefficient (Wildman–Crippen LogP) is 5.21. The molecule has 0 saturated heterocycles. The number of sulfone groups is 1. The minimum atomic E-state index is -3.92. The highest BCUT2D eigenvalue weighted by molar-refractivity contribution is 7.96. The first-order chi connectivity index (χ1) is 13.9. The Labute approximate surface area is 171 Å². The van der Waals surface area contributed by atoms with Crippen molar-refractivity contribution >= 4 is 27.0 Å². The second-order valence-corrected chi connectivity index (χ2v) is 8.94. The molecule has 0 bridgehead atoms. The van der Waals surface area contributed by atoms with Gasteiger partial charge in [0, 0.05) is 17.5 Å². The van der Waals surface area contributed by atoms with Crippen LogP contribution in [0.3, 0.4) is 0 Å². The van der Waals surface area contributed by atoms with Crippen LogP contribution in [0.2, 0.25) is 0 Å². The fourth-order valence-electron chi connectivity index (χ4n) is 3.39. The normalized spacial score (nSPS) is 14.8. The Morgan fingerprint density at radius 1 is 0.897 bits per heavy atom. The maximum absolute atomic E-state index is 13.2. The Bertz CT molecular complexity index is 1210. The summed E-state index contributed by atoms with van der Waals surface area (Å²) in [4.78, 5) is 14.8. The van der Waals surface area contributed by atoms with E-state index in [-0.39, 0.29) is 9.80 Å². The van der Waals surface area contributed by atoms with Gasteiger partial charge in [-0.05, 0) is 43.2 Å². The Kier molecular flexibility index (Phi) is 4.84. The van der Waals surface area contributed by atoms with Gasteiger partial charge in [0.15, 0.2) is 0 Å². The van der Waals surface area contributed by atoms with Crippen LogP contribution in [0, 0.1) is 6.92 Å². The molecule has 0 atom stereocenters. The summed E-state index contributed by atoms with van der Waals surface area (Å²) in [5, 5.41) is 0. The molecule has 146 valence electrons. The van der Waals surface area contributed by atoms with Crippen LogP contribution in [0.4, 0.5) is 11.4 Å². The van der Waals surface area contributed by atoms with Gasteiger partial charge in [-0.15, -0.1) is 0 Å². The topological polar surface area (TPSA) is 54.5 Å². The van der Waals surface area contributed by atoms with Gasteiger partial charge in [-0.2, -0.15) is 0 Å². The van der Waals surface area contributed by atoms with Crippen LogP contribution in [-0.2, 0) is 16.3 Å². The van der Waals surface area contributed by atoms with E-state index >= 15 is 0 Å². The van der Waals surface area contributed by atoms with Crippen LogP contribution >= 0.6 is 0 Å². The molecule has 0 fully saturated rings. The van der Waals surface area contributed by atoms with Gasteiger partial charge in [0.25, 0.3) is 0 Å². The number of nitrogens with zero attached hydrogens (tertiary/aromatic N) is 1. The fraction of sp³-hybridized carbons (Fsp3) is 0.125. The molecular weight excluding hydrogens is 382 g/mol. The van der Waals surface area contributed by atoms with Crippen molar-refractivity contribution < 1.29 is 13.2 Å². The summed E-state index contributed by atoms with van der Waals surface area (Å²) in [7, 11) is -3.92. The van der Waals surface area contributed by atoms with Crippen molar-refractivity contribution in [3.63, 3.8) is 0 Å². The number of allylic oxidation sites excluding steroid dienone is 1. The van der Waals surface area contributed by atoms with Crippen LogP contribution in [0.5, 0.6) is 0 Å². The first kappa shape index (κ1) is 19.2. The maximum atomic E-state index is 13.2. The van der Waals surface area contributed by atoms with E-state index < -0.39 is 15.6 Å². The average molecular weight is 404 g/mol. The van der Waals surface area contributed by atoms with Gasteiger partial charge >= 0.3 is 0 Å². The number of fused-ring (bicyclic) bond motifs is 1. The number of aryl methyl sites for hydroxylation is 2. The zero-order valence-corrected chi connectivity index (χ0v) is 17.1. The van der Waals surface area contributed by atoms with Crippen molar-refractivity contribution in [2.75, 3.05) is 4.90 Å². The quantitative estimate of drug-likeness (QED) is 0.562. The number of anilines is 2. The Morgan fingerprint density at radius 3 is 2.21 bits per heavy atom. The molecule has 0 unspecified atom stereocenters. The summed E-state index contributed by atoms with van der Waals surface area (Å²) >= 11 is 0. The largest absolute Gasteiger partial charge is 0.314 e. The van der Waals surface area contributed by atoms with Crippen LogP contribution in [0.1, 0.15) is 28.4 Å². The van der Waals surface area contributed by atoms with Gasteiger partial charge in [-0.25, -0.2) is 8.42 Å². The summed E-state index contributed by atoms with van der Waals surface area (Å²) in [5.74, 6) is -0.505. The van der Waals surface area contributed by atoms with Crippen molar-refractivity contribution in [2.24, 2.45) is 0 Å². The van der Waals surface area contributed by atoms with E-state index in [1.54, 1.807) is 53.4 Å². The Morgan fingerprint density at radius 2 is 1.55 bits per heavy atom. The third-order valence-electron chi connectivity index (χ3n) is 5.11. The predicted molar refractivity (Wildman–Crippen MR) is 115 cm³/mol. The summed E-state index contributed by atoms with van der Waals surface area (Å²) in [6.45, 7) is 4.00. The number of carbonyl (C=O) groups is 1. The highest BCUT2D eigenvalue weighted by atomic mass is 32.2. The maximum Gasteiger partial charge on any atom is 0.214 e. The number of carbonyl (C=O) groups excluding carboxylic acids is 1. The number of Topliss-reactive ketones (excluding diaryl/α,β-unsaturated/α-hetero) is 1. The van der Waals surface area contributed by atoms with Gasteiger partial charge in [0.05, 0.1) is 10.6 Å². The molecule has 0 N–H and O–H groups in total. The molecule has 1 aliphatic heterocycles. The minimum Gasteiger partial charge on any atom is -0.314 e. The smallest absolute Gasteiger partial charge is 0.214 e. The third kappa shape index (κ3) is 3.38. The summed E-state index contributed by atoms with van der Waals surface area (Å²) in [5.41, 5.74) is 3.89. The third-order valence-corrected chi connectivity index (χ3v) is 6.90. The molecule has 29 heavy (non-hydrogen) atoms. The molecular formula is C24H21NO3S. The van der Waals surface area contributed by atoms with Crippen molar-refractivity contribution in [3.8, 4) is 0 Å². The highest BCUT2D eigenvalue weighted by Gasteiger charge is 2.35. The van der Waals surface area contributed by atoms with Crippen molar-refractivity contribution in [1.29, 1.82) is 0 Å². The Hall–Kier alpha value is -3.18. The van der Waals surface area contributed by atoms with Crippen LogP contribution in [0.25, 0.3) is 0 Å². The number of ketones is 1. The Balaban J connectivity index is 1.88. The highest BCUT2D eigenvalue weighted by Crippen LogP contribution is 2.40. The van der Waals surface area contributed by atoms with E-state index in [1.807, 2.05) is 31.2 Å². The van der Waals surface area contributed by atoms with Gasteiger partial charge in [-0.1, -0.05) is 61.0 Å². The van der Waals surface area contributed by atoms with Gasteiger partial charge in [-0.3, -0.25) is 4.79 Å². The zero-order valence-electron chi connectivity index (χ0n) is 16.3. The number of para-hydroxylation sites is 1. The molecule has 1 aliphatic rings. The monoisotopic (exact) mass is 403 g/mol. The zero-order chi connectivity index (χ0) is 20.6. The lowest BCUT2D eigenvalue weighted by atomic mass is 10.1. The number of benzene rings is 3. The summed E-state index contributed by atoms with van der Waals surface area (Å²) in [6.07, 6.45) is 2.36. The van der Waals surface area contributed by atoms with Crippen molar-refractivity contribution in [2.45, 2.75) is 25.2 Å². The lowest BCUT2D eigenvalue weighted by Crippen LogP contribution is -2.25. The van der Waals surface area contributed by atoms with Crippen LogP contribution in [-0.4, -0.2) is 14.2 Å². The number of hydrogen-bond acceptors (Lipinski definition) is 4. The van der Waals surface area contributed by atoms with Crippen molar-refractivity contribution in [3.05, 3.63) is 101 Å². The molecule has 0 amide bonds. The summed E-state index contributed by atoms with van der Waals surface area (Å²) < 4.78 is 26.5. The van der Waals surface area contributed by atoms with E-state index in [1.165, 1.54) is 11.8 Å². The second-order valence-electron chi connectivity index (χ2n) is 7.05. The number of hydrogen-bond donors (Lipinski definition) is 0.